The number of fused-ring (bicyclic) bond motifs is 2. The summed E-state index contributed by atoms with van der Waals surface area (Å²) < 4.78 is 0. The minimum absolute atomic E-state index is 0.337. The number of hydrogen-bond donors (Lipinski definition) is 0. The van der Waals surface area contributed by atoms with Gasteiger partial charge in [-0.15, -0.1) is 0 Å². The Kier molecular flexibility index (Phi) is 1.97. The summed E-state index contributed by atoms with van der Waals surface area (Å²) in [5, 5.41) is 0. The molecule has 3 rings (SSSR count). The quantitative estimate of drug-likeness (QED) is 0.608. The molecule has 90 valence electrons. The van der Waals surface area contributed by atoms with Gasteiger partial charge in [0.05, 0.1) is 0 Å². The Balaban J connectivity index is 1.88. The van der Waals surface area contributed by atoms with Crippen LogP contribution >= 0.6 is 0 Å². The number of hydrogen-bond acceptors (Lipinski definition) is 1. The molecule has 0 unspecified atom stereocenters. The van der Waals surface area contributed by atoms with E-state index in [2.05, 4.69) is 27.7 Å². The third-order valence-corrected chi connectivity index (χ3v) is 6.21. The summed E-state index contributed by atoms with van der Waals surface area (Å²) in [7, 11) is 0. The average molecular weight is 220 g/mol. The van der Waals surface area contributed by atoms with E-state index in [0.717, 1.165) is 30.6 Å². The van der Waals surface area contributed by atoms with Crippen LogP contribution in [0.15, 0.2) is 0 Å². The van der Waals surface area contributed by atoms with E-state index in [-0.39, 0.29) is 0 Å². The Hall–Kier alpha value is -0.330. The van der Waals surface area contributed by atoms with Crippen molar-refractivity contribution in [3.8, 4) is 0 Å². The molecule has 16 heavy (non-hydrogen) atoms. The van der Waals surface area contributed by atoms with Crippen LogP contribution in [0, 0.1) is 34.5 Å². The van der Waals surface area contributed by atoms with Crippen molar-refractivity contribution in [1.82, 2.24) is 0 Å². The molecule has 5 atom stereocenters. The molecule has 0 aromatic heterocycles. The molecule has 0 saturated heterocycles. The van der Waals surface area contributed by atoms with Gasteiger partial charge < -0.3 is 0 Å². The van der Waals surface area contributed by atoms with Gasteiger partial charge in [0.15, 0.2) is 0 Å². The number of Topliss-reactive ketones (excluding diaryl/α,β-unsaturated/α-hetero) is 1. The molecule has 3 aliphatic carbocycles. The van der Waals surface area contributed by atoms with Crippen LogP contribution in [0.1, 0.15) is 53.4 Å². The molecule has 3 fully saturated rings. The molecule has 0 heterocycles. The van der Waals surface area contributed by atoms with Crippen molar-refractivity contribution in [2.45, 2.75) is 53.4 Å². The fourth-order valence-corrected chi connectivity index (χ4v) is 5.09. The zero-order valence-electron chi connectivity index (χ0n) is 11.0. The van der Waals surface area contributed by atoms with E-state index in [1.165, 1.54) is 12.8 Å². The number of carbonyl (C=O) groups excluding carboxylic acids is 1. The first-order valence-electron chi connectivity index (χ1n) is 6.86. The largest absolute Gasteiger partial charge is 0.300 e. The maximum atomic E-state index is 11.8. The second kappa shape index (κ2) is 2.91. The lowest BCUT2D eigenvalue weighted by Crippen LogP contribution is -2.42. The summed E-state index contributed by atoms with van der Waals surface area (Å²) in [6.07, 6.45) is 4.41. The fourth-order valence-electron chi connectivity index (χ4n) is 5.09. The second-order valence-electron chi connectivity index (χ2n) is 7.63. The summed E-state index contributed by atoms with van der Waals surface area (Å²) >= 11 is 0. The van der Waals surface area contributed by atoms with E-state index in [0.29, 0.717) is 22.5 Å². The SMILES string of the molecule is C[C@H]1CC(=O)C[C@@]2(C)C[C@H]3[C@@H](C[C@@H]12)C3(C)C. The first kappa shape index (κ1) is 10.8. The van der Waals surface area contributed by atoms with Gasteiger partial charge in [0, 0.05) is 12.8 Å². The molecule has 0 aromatic rings. The third-order valence-electron chi connectivity index (χ3n) is 6.21. The zero-order chi connectivity index (χ0) is 11.7. The van der Waals surface area contributed by atoms with Crippen LogP contribution in [0.5, 0.6) is 0 Å². The topological polar surface area (TPSA) is 17.1 Å². The van der Waals surface area contributed by atoms with Crippen LogP contribution in [-0.4, -0.2) is 5.78 Å². The van der Waals surface area contributed by atoms with Gasteiger partial charge in [-0.25, -0.2) is 0 Å². The van der Waals surface area contributed by atoms with E-state index < -0.39 is 0 Å². The van der Waals surface area contributed by atoms with E-state index in [1.807, 2.05) is 0 Å². The second-order valence-corrected chi connectivity index (χ2v) is 7.63. The van der Waals surface area contributed by atoms with Crippen molar-refractivity contribution < 1.29 is 4.79 Å². The lowest BCUT2D eigenvalue weighted by molar-refractivity contribution is -0.130. The predicted molar refractivity (Wildman–Crippen MR) is 65.0 cm³/mol. The molecule has 0 amide bonds. The van der Waals surface area contributed by atoms with E-state index in [9.17, 15) is 4.79 Å². The minimum atomic E-state index is 0.337. The Morgan fingerprint density at radius 2 is 1.81 bits per heavy atom. The highest BCUT2D eigenvalue weighted by molar-refractivity contribution is 5.80. The molecule has 0 spiro atoms. The lowest BCUT2D eigenvalue weighted by atomic mass is 9.57. The first-order chi connectivity index (χ1) is 7.34. The van der Waals surface area contributed by atoms with Crippen molar-refractivity contribution in [1.29, 1.82) is 0 Å². The standard InChI is InChI=1S/C15H24O/c1-9-5-10(16)7-15(4)8-13-12(6-11(9)15)14(13,2)3/h9,11-13H,5-8H2,1-4H3/t9-,11-,12+,13-,15-/m0/s1. The Morgan fingerprint density at radius 1 is 1.12 bits per heavy atom. The number of rotatable bonds is 0. The van der Waals surface area contributed by atoms with Gasteiger partial charge in [-0.3, -0.25) is 4.79 Å². The highest BCUT2D eigenvalue weighted by Gasteiger charge is 2.65. The smallest absolute Gasteiger partial charge is 0.133 e. The van der Waals surface area contributed by atoms with Gasteiger partial charge in [0.25, 0.3) is 0 Å². The Morgan fingerprint density at radius 3 is 2.50 bits per heavy atom. The van der Waals surface area contributed by atoms with Crippen LogP contribution in [0.3, 0.4) is 0 Å². The van der Waals surface area contributed by atoms with Crippen molar-refractivity contribution in [3.05, 3.63) is 0 Å². The molecule has 1 nitrogen and oxygen atoms in total. The average Bonchev–Trinajstić information content (AvgIpc) is 2.63. The van der Waals surface area contributed by atoms with Gasteiger partial charge in [-0.1, -0.05) is 27.7 Å². The van der Waals surface area contributed by atoms with Crippen molar-refractivity contribution in [2.24, 2.45) is 34.5 Å². The van der Waals surface area contributed by atoms with Crippen LogP contribution in [0.4, 0.5) is 0 Å². The molecular formula is C15H24O. The summed E-state index contributed by atoms with van der Waals surface area (Å²) in [6.45, 7) is 9.54. The van der Waals surface area contributed by atoms with Crippen LogP contribution < -0.4 is 0 Å². The van der Waals surface area contributed by atoms with Gasteiger partial charge in [-0.2, -0.15) is 0 Å². The highest BCUT2D eigenvalue weighted by Crippen LogP contribution is 2.71. The summed E-state index contributed by atoms with van der Waals surface area (Å²) in [5.74, 6) is 3.83. The molecule has 0 aliphatic heterocycles. The lowest BCUT2D eigenvalue weighted by Gasteiger charge is -2.47. The predicted octanol–water partition coefficient (Wildman–Crippen LogP) is 3.67. The minimum Gasteiger partial charge on any atom is -0.300 e. The van der Waals surface area contributed by atoms with Crippen molar-refractivity contribution >= 4 is 5.78 Å². The zero-order valence-corrected chi connectivity index (χ0v) is 11.0. The monoisotopic (exact) mass is 220 g/mol. The molecule has 3 saturated carbocycles. The number of ketones is 1. The van der Waals surface area contributed by atoms with Crippen LogP contribution in [-0.2, 0) is 4.79 Å². The fraction of sp³-hybridized carbons (Fsp3) is 0.933. The molecule has 0 N–H and O–H groups in total. The summed E-state index contributed by atoms with van der Waals surface area (Å²) in [6, 6.07) is 0. The summed E-state index contributed by atoms with van der Waals surface area (Å²) in [5.41, 5.74) is 0.910. The van der Waals surface area contributed by atoms with Crippen LogP contribution in [0.2, 0.25) is 0 Å². The molecule has 0 bridgehead atoms. The Labute approximate surface area is 99.0 Å². The van der Waals surface area contributed by atoms with Crippen LogP contribution in [0.25, 0.3) is 0 Å². The Bertz CT molecular complexity index is 343. The molecule has 1 heteroatoms. The molecular weight excluding hydrogens is 196 g/mol. The summed E-state index contributed by atoms with van der Waals surface area (Å²) in [4.78, 5) is 11.8. The van der Waals surface area contributed by atoms with Crippen molar-refractivity contribution in [3.63, 3.8) is 0 Å². The van der Waals surface area contributed by atoms with Gasteiger partial charge in [0.1, 0.15) is 5.78 Å². The third kappa shape index (κ3) is 1.26. The van der Waals surface area contributed by atoms with Gasteiger partial charge in [-0.05, 0) is 47.3 Å². The van der Waals surface area contributed by atoms with Crippen molar-refractivity contribution in [2.75, 3.05) is 0 Å². The maximum Gasteiger partial charge on any atom is 0.133 e. The molecule has 0 aromatic carbocycles. The maximum absolute atomic E-state index is 11.8. The number of carbonyl (C=O) groups is 1. The molecule has 0 radical (unpaired) electrons. The van der Waals surface area contributed by atoms with E-state index in [4.69, 9.17) is 0 Å². The van der Waals surface area contributed by atoms with Gasteiger partial charge >= 0.3 is 0 Å². The first-order valence-corrected chi connectivity index (χ1v) is 6.86. The highest BCUT2D eigenvalue weighted by atomic mass is 16.1. The van der Waals surface area contributed by atoms with E-state index >= 15 is 0 Å². The molecule has 3 aliphatic rings. The van der Waals surface area contributed by atoms with E-state index in [1.54, 1.807) is 0 Å². The van der Waals surface area contributed by atoms with Gasteiger partial charge in [0.2, 0.25) is 0 Å². The normalized spacial score (nSPS) is 54.1.